The second-order valence-corrected chi connectivity index (χ2v) is 7.71. The van der Waals surface area contributed by atoms with Gasteiger partial charge in [0.1, 0.15) is 17.2 Å². The lowest BCUT2D eigenvalue weighted by Crippen LogP contribution is -2.26. The van der Waals surface area contributed by atoms with Crippen LogP contribution in [0.3, 0.4) is 0 Å². The second-order valence-electron chi connectivity index (χ2n) is 5.94. The van der Waals surface area contributed by atoms with E-state index in [1.165, 1.54) is 0 Å². The Morgan fingerprint density at radius 2 is 1.77 bits per heavy atom. The molecule has 0 unspecified atom stereocenters. The third-order valence-corrected chi connectivity index (χ3v) is 5.50. The van der Waals surface area contributed by atoms with E-state index in [2.05, 4.69) is 9.71 Å². The zero-order valence-electron chi connectivity index (χ0n) is 14.6. The van der Waals surface area contributed by atoms with E-state index in [1.54, 1.807) is 55.5 Å². The van der Waals surface area contributed by atoms with E-state index in [-0.39, 0.29) is 17.2 Å². The van der Waals surface area contributed by atoms with Crippen molar-refractivity contribution >= 4 is 10.0 Å². The monoisotopic (exact) mass is 372 g/mol. The predicted octanol–water partition coefficient (Wildman–Crippen LogP) is 3.19. The van der Waals surface area contributed by atoms with Gasteiger partial charge in [0, 0.05) is 19.0 Å². The highest BCUT2D eigenvalue weighted by Crippen LogP contribution is 2.24. The number of rotatable bonds is 6. The molecular formula is C19H20N2O4S. The van der Waals surface area contributed by atoms with Gasteiger partial charge in [-0.2, -0.15) is 0 Å². The number of phenols is 1. The van der Waals surface area contributed by atoms with Gasteiger partial charge in [-0.15, -0.1) is 0 Å². The number of aromatic hydroxyl groups is 1. The van der Waals surface area contributed by atoms with Crippen LogP contribution in [0.25, 0.3) is 11.3 Å². The SMILES string of the molecule is Cc1nc(-c2ccc(S(=O)(=O)NCCc3ccccc3O)cc2)c(C)o1. The quantitative estimate of drug-likeness (QED) is 0.693. The maximum Gasteiger partial charge on any atom is 0.240 e. The smallest absolute Gasteiger partial charge is 0.240 e. The van der Waals surface area contributed by atoms with Crippen molar-refractivity contribution in [2.24, 2.45) is 0 Å². The Hall–Kier alpha value is -2.64. The zero-order chi connectivity index (χ0) is 18.7. The molecule has 6 nitrogen and oxygen atoms in total. The van der Waals surface area contributed by atoms with Crippen molar-refractivity contribution in [1.82, 2.24) is 9.71 Å². The first-order valence-corrected chi connectivity index (χ1v) is 9.66. The fourth-order valence-electron chi connectivity index (χ4n) is 2.71. The highest BCUT2D eigenvalue weighted by atomic mass is 32.2. The molecule has 0 radical (unpaired) electrons. The summed E-state index contributed by atoms with van der Waals surface area (Å²) in [6.07, 6.45) is 0.404. The average molecular weight is 372 g/mol. The maximum absolute atomic E-state index is 12.4. The minimum absolute atomic E-state index is 0.161. The van der Waals surface area contributed by atoms with Crippen LogP contribution in [0, 0.1) is 13.8 Å². The molecule has 0 saturated carbocycles. The van der Waals surface area contributed by atoms with E-state index in [4.69, 9.17) is 4.42 Å². The molecule has 3 aromatic rings. The Morgan fingerprint density at radius 3 is 2.38 bits per heavy atom. The van der Waals surface area contributed by atoms with Gasteiger partial charge in [0.2, 0.25) is 10.0 Å². The number of nitrogens with one attached hydrogen (secondary N) is 1. The Morgan fingerprint density at radius 1 is 1.08 bits per heavy atom. The molecule has 0 bridgehead atoms. The van der Waals surface area contributed by atoms with Crippen molar-refractivity contribution in [3.8, 4) is 17.0 Å². The van der Waals surface area contributed by atoms with Gasteiger partial charge in [-0.1, -0.05) is 30.3 Å². The average Bonchev–Trinajstić information content (AvgIpc) is 2.95. The third kappa shape index (κ3) is 3.95. The first kappa shape index (κ1) is 18.2. The number of para-hydroxylation sites is 1. The molecule has 3 rings (SSSR count). The molecule has 1 heterocycles. The number of oxazole rings is 1. The summed E-state index contributed by atoms with van der Waals surface area (Å²) >= 11 is 0. The molecule has 7 heteroatoms. The standard InChI is InChI=1S/C19H20N2O4S/c1-13-19(21-14(2)25-13)16-7-9-17(10-8-16)26(23,24)20-12-11-15-5-3-4-6-18(15)22/h3-10,20,22H,11-12H2,1-2H3. The molecule has 0 saturated heterocycles. The largest absolute Gasteiger partial charge is 0.508 e. The van der Waals surface area contributed by atoms with Crippen molar-refractivity contribution in [2.75, 3.05) is 6.54 Å². The van der Waals surface area contributed by atoms with E-state index in [0.717, 1.165) is 5.56 Å². The number of sulfonamides is 1. The van der Waals surface area contributed by atoms with Gasteiger partial charge in [-0.05, 0) is 37.1 Å². The molecule has 0 amide bonds. The van der Waals surface area contributed by atoms with E-state index < -0.39 is 10.0 Å². The van der Waals surface area contributed by atoms with Crippen LogP contribution in [-0.4, -0.2) is 25.1 Å². The van der Waals surface area contributed by atoms with Crippen LogP contribution in [0.4, 0.5) is 0 Å². The van der Waals surface area contributed by atoms with Crippen molar-refractivity contribution in [3.63, 3.8) is 0 Å². The van der Waals surface area contributed by atoms with E-state index >= 15 is 0 Å². The predicted molar refractivity (Wildman–Crippen MR) is 98.4 cm³/mol. The Kier molecular flexibility index (Phi) is 5.11. The van der Waals surface area contributed by atoms with Crippen LogP contribution in [0.5, 0.6) is 5.75 Å². The van der Waals surface area contributed by atoms with Gasteiger partial charge in [-0.3, -0.25) is 0 Å². The molecule has 0 aliphatic rings. The molecule has 0 fully saturated rings. The molecule has 1 aromatic heterocycles. The highest BCUT2D eigenvalue weighted by molar-refractivity contribution is 7.89. The number of aryl methyl sites for hydroxylation is 2. The molecule has 0 aliphatic heterocycles. The molecule has 0 aliphatic carbocycles. The van der Waals surface area contributed by atoms with Crippen molar-refractivity contribution < 1.29 is 17.9 Å². The lowest BCUT2D eigenvalue weighted by molar-refractivity contribution is 0.467. The Bertz CT molecular complexity index is 1010. The van der Waals surface area contributed by atoms with E-state index in [0.29, 0.717) is 29.3 Å². The van der Waals surface area contributed by atoms with Crippen molar-refractivity contribution in [1.29, 1.82) is 0 Å². The summed E-state index contributed by atoms with van der Waals surface area (Å²) in [7, 11) is -3.62. The van der Waals surface area contributed by atoms with Gasteiger partial charge in [-0.25, -0.2) is 18.1 Å². The lowest BCUT2D eigenvalue weighted by atomic mass is 10.1. The number of hydrogen-bond donors (Lipinski definition) is 2. The fourth-order valence-corrected chi connectivity index (χ4v) is 3.75. The topological polar surface area (TPSA) is 92.4 Å². The molecular weight excluding hydrogens is 352 g/mol. The van der Waals surface area contributed by atoms with E-state index in [1.807, 2.05) is 6.92 Å². The molecule has 0 atom stereocenters. The number of phenolic OH excluding ortho intramolecular Hbond substituents is 1. The van der Waals surface area contributed by atoms with Crippen LogP contribution in [0.1, 0.15) is 17.2 Å². The van der Waals surface area contributed by atoms with Gasteiger partial charge < -0.3 is 9.52 Å². The van der Waals surface area contributed by atoms with Gasteiger partial charge in [0.15, 0.2) is 5.89 Å². The summed E-state index contributed by atoms with van der Waals surface area (Å²) in [4.78, 5) is 4.49. The first-order chi connectivity index (χ1) is 12.4. The minimum Gasteiger partial charge on any atom is -0.508 e. The van der Waals surface area contributed by atoms with Crippen LogP contribution >= 0.6 is 0 Å². The van der Waals surface area contributed by atoms with Crippen LogP contribution < -0.4 is 4.72 Å². The van der Waals surface area contributed by atoms with Crippen molar-refractivity contribution in [2.45, 2.75) is 25.2 Å². The lowest BCUT2D eigenvalue weighted by Gasteiger charge is -2.08. The summed E-state index contributed by atoms with van der Waals surface area (Å²) in [6.45, 7) is 3.79. The van der Waals surface area contributed by atoms with Gasteiger partial charge >= 0.3 is 0 Å². The molecule has 136 valence electrons. The molecule has 0 spiro atoms. The van der Waals surface area contributed by atoms with Gasteiger partial charge in [0.05, 0.1) is 4.90 Å². The summed E-state index contributed by atoms with van der Waals surface area (Å²) in [6, 6.07) is 13.4. The van der Waals surface area contributed by atoms with Gasteiger partial charge in [0.25, 0.3) is 0 Å². The van der Waals surface area contributed by atoms with Crippen LogP contribution in [-0.2, 0) is 16.4 Å². The molecule has 2 aromatic carbocycles. The third-order valence-electron chi connectivity index (χ3n) is 4.02. The minimum atomic E-state index is -3.62. The Labute approximate surface area is 152 Å². The molecule has 2 N–H and O–H groups in total. The summed E-state index contributed by atoms with van der Waals surface area (Å²) in [5.74, 6) is 1.42. The summed E-state index contributed by atoms with van der Waals surface area (Å²) < 4.78 is 32.8. The van der Waals surface area contributed by atoms with Crippen molar-refractivity contribution in [3.05, 3.63) is 65.7 Å². The summed E-state index contributed by atoms with van der Waals surface area (Å²) in [5.41, 5.74) is 2.20. The number of nitrogens with zero attached hydrogens (tertiary/aromatic N) is 1. The highest BCUT2D eigenvalue weighted by Gasteiger charge is 2.15. The normalized spacial score (nSPS) is 11.6. The van der Waals surface area contributed by atoms with Crippen LogP contribution in [0.15, 0.2) is 57.8 Å². The number of hydrogen-bond acceptors (Lipinski definition) is 5. The second kappa shape index (κ2) is 7.31. The summed E-state index contributed by atoms with van der Waals surface area (Å²) in [5, 5.41) is 9.73. The number of benzene rings is 2. The Balaban J connectivity index is 1.69. The van der Waals surface area contributed by atoms with Crippen LogP contribution in [0.2, 0.25) is 0 Å². The first-order valence-electron chi connectivity index (χ1n) is 8.18. The van der Waals surface area contributed by atoms with E-state index in [9.17, 15) is 13.5 Å². The molecule has 26 heavy (non-hydrogen) atoms. The number of aromatic nitrogens is 1. The fraction of sp³-hybridized carbons (Fsp3) is 0.211. The maximum atomic E-state index is 12.4. The zero-order valence-corrected chi connectivity index (χ0v) is 15.4.